The number of benzene rings is 1. The lowest BCUT2D eigenvalue weighted by atomic mass is 9.93. The van der Waals surface area contributed by atoms with E-state index in [-0.39, 0.29) is 23.3 Å². The van der Waals surface area contributed by atoms with Gasteiger partial charge >= 0.3 is 6.03 Å². The minimum absolute atomic E-state index is 0.144. The smallest absolute Gasteiger partial charge is 0.321 e. The molecule has 0 aliphatic carbocycles. The van der Waals surface area contributed by atoms with E-state index in [1.165, 1.54) is 10.6 Å². The summed E-state index contributed by atoms with van der Waals surface area (Å²) in [6.45, 7) is 2.79. The second-order valence-corrected chi connectivity index (χ2v) is 7.17. The summed E-state index contributed by atoms with van der Waals surface area (Å²) in [7, 11) is 1.93. The van der Waals surface area contributed by atoms with E-state index in [4.69, 9.17) is 0 Å². The van der Waals surface area contributed by atoms with Crippen molar-refractivity contribution in [3.63, 3.8) is 0 Å². The lowest BCUT2D eigenvalue weighted by Gasteiger charge is -2.33. The first kappa shape index (κ1) is 18.2. The Hall–Kier alpha value is -3.16. The van der Waals surface area contributed by atoms with E-state index in [1.807, 2.05) is 17.7 Å². The van der Waals surface area contributed by atoms with Crippen molar-refractivity contribution >= 4 is 17.4 Å². The summed E-state index contributed by atoms with van der Waals surface area (Å²) >= 11 is 0. The number of amides is 2. The summed E-state index contributed by atoms with van der Waals surface area (Å²) in [4.78, 5) is 26.6. The van der Waals surface area contributed by atoms with Crippen LogP contribution in [0.3, 0.4) is 0 Å². The maximum absolute atomic E-state index is 13.7. The molecule has 0 spiro atoms. The van der Waals surface area contributed by atoms with E-state index in [1.54, 1.807) is 36.2 Å². The predicted octanol–water partition coefficient (Wildman–Crippen LogP) is 2.89. The molecule has 146 valence electrons. The van der Waals surface area contributed by atoms with Crippen LogP contribution in [0.2, 0.25) is 0 Å². The van der Waals surface area contributed by atoms with Gasteiger partial charge in [0.1, 0.15) is 11.5 Å². The van der Waals surface area contributed by atoms with Crippen molar-refractivity contribution in [2.24, 2.45) is 7.05 Å². The lowest BCUT2D eigenvalue weighted by Crippen LogP contribution is -2.41. The summed E-state index contributed by atoms with van der Waals surface area (Å²) in [6.07, 6.45) is 3.13. The first-order chi connectivity index (χ1) is 13.5. The zero-order valence-electron chi connectivity index (χ0n) is 15.9. The molecule has 1 aliphatic heterocycles. The first-order valence-electron chi connectivity index (χ1n) is 9.30. The summed E-state index contributed by atoms with van der Waals surface area (Å²) in [5.41, 5.74) is 2.48. The second-order valence-electron chi connectivity index (χ2n) is 7.17. The van der Waals surface area contributed by atoms with Crippen LogP contribution in [-0.2, 0) is 7.05 Å². The van der Waals surface area contributed by atoms with E-state index in [9.17, 15) is 14.0 Å². The number of aryl methyl sites for hydroxylation is 1. The summed E-state index contributed by atoms with van der Waals surface area (Å²) in [5.74, 6) is -0.148. The number of halogens is 1. The molecule has 1 aliphatic rings. The van der Waals surface area contributed by atoms with Crippen LogP contribution in [-0.4, -0.2) is 38.2 Å². The third kappa shape index (κ3) is 3.15. The van der Waals surface area contributed by atoms with Crippen molar-refractivity contribution < 1.29 is 9.18 Å². The highest BCUT2D eigenvalue weighted by Gasteiger charge is 2.26. The molecule has 3 heterocycles. The van der Waals surface area contributed by atoms with Gasteiger partial charge < -0.3 is 14.8 Å². The SMILES string of the molecule is Cc1c(F)cccc1NC(=O)N1CCC(c2cc(=O)n3nccc3n2C)CC1. The molecule has 0 saturated carbocycles. The van der Waals surface area contributed by atoms with E-state index in [2.05, 4.69) is 10.4 Å². The minimum Gasteiger partial charge on any atom is -0.333 e. The van der Waals surface area contributed by atoms with Gasteiger partial charge in [-0.05, 0) is 31.9 Å². The van der Waals surface area contributed by atoms with Crippen molar-refractivity contribution in [1.29, 1.82) is 0 Å². The van der Waals surface area contributed by atoms with Crippen molar-refractivity contribution in [1.82, 2.24) is 19.1 Å². The number of hydrogen-bond donors (Lipinski definition) is 1. The number of nitrogens with zero attached hydrogens (tertiary/aromatic N) is 4. The number of anilines is 1. The molecule has 2 amide bonds. The van der Waals surface area contributed by atoms with Crippen LogP contribution in [0.15, 0.2) is 41.3 Å². The molecule has 8 heteroatoms. The zero-order valence-corrected chi connectivity index (χ0v) is 15.9. The van der Waals surface area contributed by atoms with Gasteiger partial charge in [0.15, 0.2) is 0 Å². The van der Waals surface area contributed by atoms with Crippen molar-refractivity contribution in [2.75, 3.05) is 18.4 Å². The molecule has 0 unspecified atom stereocenters. The normalized spacial score (nSPS) is 15.2. The van der Waals surface area contributed by atoms with Crippen LogP contribution in [0.4, 0.5) is 14.9 Å². The van der Waals surface area contributed by atoms with Crippen LogP contribution in [0.25, 0.3) is 5.65 Å². The van der Waals surface area contributed by atoms with Crippen molar-refractivity contribution in [3.8, 4) is 0 Å². The van der Waals surface area contributed by atoms with Crippen LogP contribution in [0, 0.1) is 12.7 Å². The number of urea groups is 1. The van der Waals surface area contributed by atoms with Gasteiger partial charge in [-0.2, -0.15) is 9.61 Å². The number of carbonyl (C=O) groups is 1. The fraction of sp³-hybridized carbons (Fsp3) is 0.350. The second kappa shape index (κ2) is 7.10. The Balaban J connectivity index is 1.46. The largest absolute Gasteiger partial charge is 0.333 e. The van der Waals surface area contributed by atoms with Crippen molar-refractivity contribution in [2.45, 2.75) is 25.7 Å². The van der Waals surface area contributed by atoms with E-state index >= 15 is 0 Å². The number of nitrogens with one attached hydrogen (secondary N) is 1. The highest BCUT2D eigenvalue weighted by atomic mass is 19.1. The summed E-state index contributed by atoms with van der Waals surface area (Å²) in [5, 5.41) is 6.85. The Morgan fingerprint density at radius 1 is 1.25 bits per heavy atom. The molecule has 4 rings (SSSR count). The fourth-order valence-corrected chi connectivity index (χ4v) is 3.84. The van der Waals surface area contributed by atoms with E-state index in [0.717, 1.165) is 24.2 Å². The molecular formula is C20H22FN5O2. The van der Waals surface area contributed by atoms with E-state index in [0.29, 0.717) is 24.3 Å². The number of aromatic nitrogens is 3. The van der Waals surface area contributed by atoms with Crippen LogP contribution in [0.1, 0.15) is 30.0 Å². The zero-order chi connectivity index (χ0) is 19.8. The van der Waals surface area contributed by atoms with Gasteiger partial charge in [-0.25, -0.2) is 9.18 Å². The predicted molar refractivity (Wildman–Crippen MR) is 104 cm³/mol. The van der Waals surface area contributed by atoms with Gasteiger partial charge in [0.25, 0.3) is 5.56 Å². The number of piperidine rings is 1. The molecule has 1 fully saturated rings. The molecule has 7 nitrogen and oxygen atoms in total. The fourth-order valence-electron chi connectivity index (χ4n) is 3.84. The molecule has 0 bridgehead atoms. The first-order valence-corrected chi connectivity index (χ1v) is 9.30. The molecule has 3 aromatic rings. The highest BCUT2D eigenvalue weighted by molar-refractivity contribution is 5.90. The van der Waals surface area contributed by atoms with Crippen LogP contribution < -0.4 is 10.9 Å². The number of fused-ring (bicyclic) bond motifs is 1. The minimum atomic E-state index is -0.340. The molecule has 0 radical (unpaired) electrons. The number of hydrogen-bond acceptors (Lipinski definition) is 3. The van der Waals surface area contributed by atoms with Gasteiger partial charge in [-0.3, -0.25) is 4.79 Å². The Bertz CT molecular complexity index is 1100. The molecule has 1 saturated heterocycles. The van der Waals surface area contributed by atoms with Gasteiger partial charge in [-0.15, -0.1) is 0 Å². The maximum Gasteiger partial charge on any atom is 0.321 e. The lowest BCUT2D eigenvalue weighted by molar-refractivity contribution is 0.193. The monoisotopic (exact) mass is 383 g/mol. The molecule has 0 atom stereocenters. The molecule has 28 heavy (non-hydrogen) atoms. The molecule has 1 aromatic carbocycles. The average Bonchev–Trinajstić information content (AvgIpc) is 3.19. The molecular weight excluding hydrogens is 361 g/mol. The molecule has 1 N–H and O–H groups in total. The van der Waals surface area contributed by atoms with E-state index < -0.39 is 0 Å². The number of likely N-dealkylation sites (tertiary alicyclic amines) is 1. The summed E-state index contributed by atoms with van der Waals surface area (Å²) < 4.78 is 17.0. The topological polar surface area (TPSA) is 71.6 Å². The molecule has 2 aromatic heterocycles. The van der Waals surface area contributed by atoms with Gasteiger partial charge in [0.05, 0.1) is 6.20 Å². The Kier molecular flexibility index (Phi) is 4.62. The number of carbonyl (C=O) groups excluding carboxylic acids is 1. The number of rotatable bonds is 2. The Labute approximate surface area is 161 Å². The summed E-state index contributed by atoms with van der Waals surface area (Å²) in [6, 6.07) is 7.87. The van der Waals surface area contributed by atoms with Crippen LogP contribution in [0.5, 0.6) is 0 Å². The highest BCUT2D eigenvalue weighted by Crippen LogP contribution is 2.28. The van der Waals surface area contributed by atoms with Gasteiger partial charge in [0, 0.05) is 55.1 Å². The Morgan fingerprint density at radius 3 is 2.75 bits per heavy atom. The third-order valence-electron chi connectivity index (χ3n) is 5.54. The Morgan fingerprint density at radius 2 is 2.00 bits per heavy atom. The van der Waals surface area contributed by atoms with Crippen LogP contribution >= 0.6 is 0 Å². The van der Waals surface area contributed by atoms with Gasteiger partial charge in [-0.1, -0.05) is 6.07 Å². The quantitative estimate of drug-likeness (QED) is 0.740. The maximum atomic E-state index is 13.7. The van der Waals surface area contributed by atoms with Gasteiger partial charge in [0.2, 0.25) is 0 Å². The average molecular weight is 383 g/mol. The van der Waals surface area contributed by atoms with Crippen molar-refractivity contribution in [3.05, 3.63) is 64.0 Å². The third-order valence-corrected chi connectivity index (χ3v) is 5.54. The standard InChI is InChI=1S/C20H22FN5O2/c1-13-15(21)4-3-5-16(13)23-20(28)25-10-7-14(8-11-25)17-12-19(27)26-18(24(17)2)6-9-22-26/h3-6,9,12,14H,7-8,10-11H2,1-2H3,(H,23,28).